The minimum atomic E-state index is -0.359. The number of hydrogen-bond acceptors (Lipinski definition) is 3. The first-order valence-corrected chi connectivity index (χ1v) is 9.17. The lowest BCUT2D eigenvalue weighted by Gasteiger charge is -2.41. The second-order valence-electron chi connectivity index (χ2n) is 7.32. The normalized spacial score (nSPS) is 19.7. The third-order valence-corrected chi connectivity index (χ3v) is 5.79. The lowest BCUT2D eigenvalue weighted by Crippen LogP contribution is -2.34. The summed E-state index contributed by atoms with van der Waals surface area (Å²) in [6.07, 6.45) is 1.60. The van der Waals surface area contributed by atoms with Crippen molar-refractivity contribution in [3.8, 4) is 11.3 Å². The van der Waals surface area contributed by atoms with E-state index >= 15 is 0 Å². The van der Waals surface area contributed by atoms with Crippen molar-refractivity contribution in [3.63, 3.8) is 0 Å². The Labute approximate surface area is 155 Å². The SMILES string of the molecule is CO[C@@H]1c2ncccc2-c2[nH]c3ccc(Br)cc3c2C1C(C)(C)CO. The molecule has 5 heteroatoms. The Morgan fingerprint density at radius 3 is 2.84 bits per heavy atom. The number of ether oxygens (including phenoxy) is 1. The topological polar surface area (TPSA) is 58.1 Å². The molecule has 2 N–H and O–H groups in total. The lowest BCUT2D eigenvalue weighted by molar-refractivity contribution is 0.00961. The van der Waals surface area contributed by atoms with Gasteiger partial charge in [-0.25, -0.2) is 0 Å². The highest BCUT2D eigenvalue weighted by molar-refractivity contribution is 9.10. The quantitative estimate of drug-likeness (QED) is 0.663. The summed E-state index contributed by atoms with van der Waals surface area (Å²) in [6.45, 7) is 4.23. The van der Waals surface area contributed by atoms with Crippen LogP contribution in [-0.2, 0) is 4.74 Å². The van der Waals surface area contributed by atoms with Crippen molar-refractivity contribution < 1.29 is 9.84 Å². The third-order valence-electron chi connectivity index (χ3n) is 5.30. The number of aliphatic hydroxyl groups is 1. The number of aromatic nitrogens is 2. The molecular formula is C20H21BrN2O2. The summed E-state index contributed by atoms with van der Waals surface area (Å²) in [5, 5.41) is 11.3. The van der Waals surface area contributed by atoms with Crippen LogP contribution < -0.4 is 0 Å². The molecule has 0 saturated carbocycles. The molecule has 2 atom stereocenters. The summed E-state index contributed by atoms with van der Waals surface area (Å²) in [4.78, 5) is 8.19. The molecule has 4 nitrogen and oxygen atoms in total. The predicted octanol–water partition coefficient (Wildman–Crippen LogP) is 4.80. The standard InChI is InChI=1S/C20H21BrN2O2/c1-20(2,10-24)16-15-13-9-11(21)6-7-14(13)23-17(15)12-5-4-8-22-18(12)19(16)25-3/h4-9,16,19,23-24H,10H2,1-3H3/t16?,19-/m0/s1. The first-order chi connectivity index (χ1) is 12.0. The molecule has 4 rings (SSSR count). The largest absolute Gasteiger partial charge is 0.396 e. The number of aromatic amines is 1. The molecule has 0 aliphatic heterocycles. The molecule has 0 saturated heterocycles. The first-order valence-electron chi connectivity index (χ1n) is 8.38. The van der Waals surface area contributed by atoms with Crippen molar-refractivity contribution >= 4 is 26.8 Å². The number of H-pyrrole nitrogens is 1. The second kappa shape index (κ2) is 5.94. The van der Waals surface area contributed by atoms with Gasteiger partial charge in [-0.3, -0.25) is 4.98 Å². The number of nitrogens with zero attached hydrogens (tertiary/aromatic N) is 1. The first kappa shape index (κ1) is 16.8. The lowest BCUT2D eigenvalue weighted by atomic mass is 9.67. The molecule has 1 aliphatic rings. The zero-order valence-corrected chi connectivity index (χ0v) is 16.1. The van der Waals surface area contributed by atoms with Crippen molar-refractivity contribution in [3.05, 3.63) is 52.3 Å². The fourth-order valence-corrected chi connectivity index (χ4v) is 4.39. The van der Waals surface area contributed by atoms with Gasteiger partial charge in [-0.2, -0.15) is 0 Å². The van der Waals surface area contributed by atoms with Crippen LogP contribution in [0.1, 0.15) is 37.1 Å². The molecule has 2 aromatic heterocycles. The molecule has 0 amide bonds. The van der Waals surface area contributed by atoms with E-state index in [-0.39, 0.29) is 24.0 Å². The molecule has 25 heavy (non-hydrogen) atoms. The maximum atomic E-state index is 10.1. The Kier molecular flexibility index (Phi) is 3.98. The van der Waals surface area contributed by atoms with Crippen molar-refractivity contribution in [2.75, 3.05) is 13.7 Å². The van der Waals surface area contributed by atoms with Gasteiger partial charge in [0.05, 0.1) is 11.4 Å². The fourth-order valence-electron chi connectivity index (χ4n) is 4.03. The number of rotatable bonds is 3. The van der Waals surface area contributed by atoms with Gasteiger partial charge in [0.25, 0.3) is 0 Å². The molecule has 1 unspecified atom stereocenters. The molecule has 130 valence electrons. The van der Waals surface area contributed by atoms with Crippen LogP contribution in [0.2, 0.25) is 0 Å². The predicted molar refractivity (Wildman–Crippen MR) is 103 cm³/mol. The maximum absolute atomic E-state index is 10.1. The highest BCUT2D eigenvalue weighted by atomic mass is 79.9. The average Bonchev–Trinajstić information content (AvgIpc) is 2.99. The number of halogens is 1. The van der Waals surface area contributed by atoms with E-state index in [1.165, 1.54) is 5.56 Å². The Hall–Kier alpha value is -1.69. The van der Waals surface area contributed by atoms with Gasteiger partial charge >= 0.3 is 0 Å². The Morgan fingerprint density at radius 2 is 2.12 bits per heavy atom. The van der Waals surface area contributed by atoms with E-state index in [0.717, 1.165) is 32.3 Å². The van der Waals surface area contributed by atoms with E-state index in [9.17, 15) is 5.11 Å². The average molecular weight is 401 g/mol. The van der Waals surface area contributed by atoms with Gasteiger partial charge in [-0.05, 0) is 41.3 Å². The number of hydrogen-bond donors (Lipinski definition) is 2. The molecule has 0 spiro atoms. The monoisotopic (exact) mass is 400 g/mol. The Bertz CT molecular complexity index is 948. The summed E-state index contributed by atoms with van der Waals surface area (Å²) < 4.78 is 6.96. The van der Waals surface area contributed by atoms with Gasteiger partial charge in [0.15, 0.2) is 0 Å². The summed E-state index contributed by atoms with van der Waals surface area (Å²) in [7, 11) is 1.72. The summed E-state index contributed by atoms with van der Waals surface area (Å²) in [6, 6.07) is 10.3. The number of fused-ring (bicyclic) bond motifs is 5. The number of benzene rings is 1. The van der Waals surface area contributed by atoms with Crippen LogP contribution in [0.3, 0.4) is 0 Å². The molecule has 0 radical (unpaired) electrons. The highest BCUT2D eigenvalue weighted by Gasteiger charge is 2.45. The van der Waals surface area contributed by atoms with Gasteiger partial charge in [0, 0.05) is 46.8 Å². The van der Waals surface area contributed by atoms with Crippen molar-refractivity contribution in [2.24, 2.45) is 5.41 Å². The Balaban J connectivity index is 2.11. The second-order valence-corrected chi connectivity index (χ2v) is 8.24. The zero-order chi connectivity index (χ0) is 17.8. The van der Waals surface area contributed by atoms with Crippen LogP contribution in [0.15, 0.2) is 41.0 Å². The van der Waals surface area contributed by atoms with Crippen LogP contribution >= 0.6 is 15.9 Å². The van der Waals surface area contributed by atoms with E-state index in [1.54, 1.807) is 13.3 Å². The molecule has 3 aromatic rings. The van der Waals surface area contributed by atoms with E-state index in [4.69, 9.17) is 4.74 Å². The number of methoxy groups -OCH3 is 1. The smallest absolute Gasteiger partial charge is 0.107 e. The molecular weight excluding hydrogens is 380 g/mol. The van der Waals surface area contributed by atoms with Crippen LogP contribution in [0, 0.1) is 5.41 Å². The van der Waals surface area contributed by atoms with Gasteiger partial charge in [-0.1, -0.05) is 29.8 Å². The number of aliphatic hydroxyl groups excluding tert-OH is 1. The third kappa shape index (κ3) is 2.45. The van der Waals surface area contributed by atoms with E-state index < -0.39 is 0 Å². The van der Waals surface area contributed by atoms with E-state index in [2.05, 4.69) is 57.9 Å². The van der Waals surface area contributed by atoms with Crippen molar-refractivity contribution in [1.82, 2.24) is 9.97 Å². The van der Waals surface area contributed by atoms with Gasteiger partial charge in [-0.15, -0.1) is 0 Å². The van der Waals surface area contributed by atoms with E-state index in [1.807, 2.05) is 12.1 Å². The summed E-state index contributed by atoms with van der Waals surface area (Å²) in [5.41, 5.74) is 5.00. The van der Waals surface area contributed by atoms with Crippen LogP contribution in [0.5, 0.6) is 0 Å². The number of pyridine rings is 1. The minimum absolute atomic E-state index is 0.0112. The highest BCUT2D eigenvalue weighted by Crippen LogP contribution is 2.55. The molecule has 2 heterocycles. The van der Waals surface area contributed by atoms with Crippen molar-refractivity contribution in [1.29, 1.82) is 0 Å². The summed E-state index contributed by atoms with van der Waals surface area (Å²) >= 11 is 3.59. The fraction of sp³-hybridized carbons (Fsp3) is 0.350. The van der Waals surface area contributed by atoms with Crippen LogP contribution in [0.25, 0.3) is 22.2 Å². The van der Waals surface area contributed by atoms with Crippen LogP contribution in [-0.4, -0.2) is 28.8 Å². The van der Waals surface area contributed by atoms with E-state index in [0.29, 0.717) is 0 Å². The maximum Gasteiger partial charge on any atom is 0.107 e. The van der Waals surface area contributed by atoms with Gasteiger partial charge in [0.2, 0.25) is 0 Å². The molecule has 0 bridgehead atoms. The molecule has 1 aromatic carbocycles. The molecule has 1 aliphatic carbocycles. The number of nitrogens with one attached hydrogen (secondary N) is 1. The molecule has 0 fully saturated rings. The summed E-state index contributed by atoms with van der Waals surface area (Å²) in [5.74, 6) is -0.0112. The Morgan fingerprint density at radius 1 is 1.32 bits per heavy atom. The zero-order valence-electron chi connectivity index (χ0n) is 14.5. The van der Waals surface area contributed by atoms with Crippen LogP contribution in [0.4, 0.5) is 0 Å². The minimum Gasteiger partial charge on any atom is -0.396 e. The van der Waals surface area contributed by atoms with Gasteiger partial charge < -0.3 is 14.8 Å². The van der Waals surface area contributed by atoms with Gasteiger partial charge in [0.1, 0.15) is 6.10 Å². The van der Waals surface area contributed by atoms with Crippen molar-refractivity contribution in [2.45, 2.75) is 25.9 Å².